The average molecular weight is 338 g/mol. The third-order valence-corrected chi connectivity index (χ3v) is 4.06. The number of hydrogen-bond donors (Lipinski definition) is 2. The fourth-order valence-electron chi connectivity index (χ4n) is 2.29. The molecule has 0 aliphatic rings. The Kier molecular flexibility index (Phi) is 5.83. The van der Waals surface area contributed by atoms with E-state index in [-0.39, 0.29) is 18.0 Å². The number of carbonyl (C=O) groups is 1. The van der Waals surface area contributed by atoms with E-state index in [2.05, 4.69) is 5.32 Å². The van der Waals surface area contributed by atoms with Crippen LogP contribution in [0.5, 0.6) is 0 Å². The van der Waals surface area contributed by atoms with Crippen LogP contribution in [0.2, 0.25) is 10.0 Å². The lowest BCUT2D eigenvalue weighted by Crippen LogP contribution is -2.91. The van der Waals surface area contributed by atoms with E-state index in [1.165, 1.54) is 0 Å². The van der Waals surface area contributed by atoms with E-state index in [0.29, 0.717) is 15.7 Å². The highest BCUT2D eigenvalue weighted by Gasteiger charge is 2.21. The third kappa shape index (κ3) is 4.47. The molecular formula is C17H19Cl2N2O+. The number of nitrogens with one attached hydrogen (secondary N) is 1. The molecule has 0 aliphatic carbocycles. The van der Waals surface area contributed by atoms with Crippen LogP contribution in [0.25, 0.3) is 0 Å². The van der Waals surface area contributed by atoms with Gasteiger partial charge in [0.1, 0.15) is 6.04 Å². The van der Waals surface area contributed by atoms with Gasteiger partial charge in [0.2, 0.25) is 0 Å². The summed E-state index contributed by atoms with van der Waals surface area (Å²) in [6.07, 6.45) is 0. The Morgan fingerprint density at radius 1 is 1.09 bits per heavy atom. The summed E-state index contributed by atoms with van der Waals surface area (Å²) in [6.45, 7) is 3.90. The first-order chi connectivity index (χ1) is 10.5. The molecule has 0 radical (unpaired) electrons. The fourth-order valence-corrected chi connectivity index (χ4v) is 2.79. The molecule has 0 fully saturated rings. The molecule has 2 aromatic carbocycles. The summed E-state index contributed by atoms with van der Waals surface area (Å²) in [7, 11) is 0. The summed E-state index contributed by atoms with van der Waals surface area (Å²) >= 11 is 12.1. The second kappa shape index (κ2) is 7.63. The molecule has 5 heteroatoms. The minimum absolute atomic E-state index is 0.0684. The monoisotopic (exact) mass is 337 g/mol. The highest BCUT2D eigenvalue weighted by Crippen LogP contribution is 2.20. The van der Waals surface area contributed by atoms with Crippen molar-refractivity contribution in [1.29, 1.82) is 0 Å². The van der Waals surface area contributed by atoms with Crippen LogP contribution in [0.15, 0.2) is 48.5 Å². The van der Waals surface area contributed by atoms with E-state index < -0.39 is 0 Å². The Bertz CT molecular complexity index is 661. The number of anilines is 1. The zero-order chi connectivity index (χ0) is 16.1. The average Bonchev–Trinajstić information content (AvgIpc) is 2.47. The first kappa shape index (κ1) is 16.8. The van der Waals surface area contributed by atoms with Crippen LogP contribution in [0.4, 0.5) is 5.69 Å². The number of benzene rings is 2. The number of quaternary nitrogens is 1. The van der Waals surface area contributed by atoms with Gasteiger partial charge in [0.25, 0.3) is 5.91 Å². The highest BCUT2D eigenvalue weighted by molar-refractivity contribution is 6.31. The van der Waals surface area contributed by atoms with Crippen LogP contribution in [-0.2, 0) is 4.79 Å². The quantitative estimate of drug-likeness (QED) is 0.859. The van der Waals surface area contributed by atoms with Crippen LogP contribution >= 0.6 is 23.2 Å². The fraction of sp³-hybridized carbons (Fsp3) is 0.235. The predicted molar refractivity (Wildman–Crippen MR) is 91.3 cm³/mol. The van der Waals surface area contributed by atoms with Gasteiger partial charge in [-0.3, -0.25) is 4.79 Å². The minimum atomic E-state index is -0.245. The van der Waals surface area contributed by atoms with Crippen molar-refractivity contribution < 1.29 is 10.1 Å². The zero-order valence-electron chi connectivity index (χ0n) is 12.5. The molecule has 2 atom stereocenters. The third-order valence-electron chi connectivity index (χ3n) is 3.48. The van der Waals surface area contributed by atoms with Gasteiger partial charge in [-0.25, -0.2) is 0 Å². The van der Waals surface area contributed by atoms with Crippen molar-refractivity contribution >= 4 is 34.8 Å². The van der Waals surface area contributed by atoms with Gasteiger partial charge in [0, 0.05) is 21.3 Å². The van der Waals surface area contributed by atoms with Crippen molar-refractivity contribution in [2.75, 3.05) is 5.32 Å². The van der Waals surface area contributed by atoms with Gasteiger partial charge >= 0.3 is 0 Å². The maximum absolute atomic E-state index is 12.3. The van der Waals surface area contributed by atoms with Crippen LogP contribution in [-0.4, -0.2) is 11.9 Å². The Morgan fingerprint density at radius 2 is 1.82 bits per heavy atom. The lowest BCUT2D eigenvalue weighted by molar-refractivity contribution is -0.709. The van der Waals surface area contributed by atoms with Crippen LogP contribution in [0.1, 0.15) is 25.5 Å². The number of carbonyl (C=O) groups excluding carboxylic acids is 1. The molecule has 2 rings (SSSR count). The second-order valence-electron chi connectivity index (χ2n) is 5.29. The van der Waals surface area contributed by atoms with Crippen molar-refractivity contribution in [3.05, 3.63) is 64.1 Å². The Morgan fingerprint density at radius 3 is 2.50 bits per heavy atom. The minimum Gasteiger partial charge on any atom is -0.330 e. The Labute approximate surface area is 140 Å². The molecule has 116 valence electrons. The van der Waals surface area contributed by atoms with Gasteiger partial charge in [0.05, 0.1) is 0 Å². The summed E-state index contributed by atoms with van der Waals surface area (Å²) in [5.41, 5.74) is 1.72. The molecule has 0 heterocycles. The number of amides is 1. The van der Waals surface area contributed by atoms with E-state index in [9.17, 15) is 4.79 Å². The normalized spacial score (nSPS) is 13.5. The molecule has 0 unspecified atom stereocenters. The second-order valence-corrected chi connectivity index (χ2v) is 6.13. The van der Waals surface area contributed by atoms with Crippen LogP contribution in [0, 0.1) is 0 Å². The maximum atomic E-state index is 12.3. The van der Waals surface area contributed by atoms with Crippen molar-refractivity contribution in [2.45, 2.75) is 25.9 Å². The molecule has 2 aromatic rings. The number of rotatable bonds is 5. The van der Waals surface area contributed by atoms with Gasteiger partial charge in [-0.05, 0) is 38.1 Å². The SMILES string of the molecule is C[C@@H]([NH2+][C@H](C)c1ccccc1Cl)C(=O)Nc1cccc(Cl)c1. The van der Waals surface area contributed by atoms with Crippen LogP contribution < -0.4 is 10.6 Å². The smallest absolute Gasteiger partial charge is 0.282 e. The molecule has 0 saturated heterocycles. The summed E-state index contributed by atoms with van der Waals surface area (Å²) in [4.78, 5) is 12.3. The molecular weight excluding hydrogens is 319 g/mol. The molecule has 3 nitrogen and oxygen atoms in total. The standard InChI is InChI=1S/C17H18Cl2N2O/c1-11(15-8-3-4-9-16(15)19)20-12(2)17(22)21-14-7-5-6-13(18)10-14/h3-12,20H,1-2H3,(H,21,22)/p+1/t11-,12-/m1/s1. The summed E-state index contributed by atoms with van der Waals surface area (Å²) in [5, 5.41) is 6.17. The molecule has 22 heavy (non-hydrogen) atoms. The number of nitrogens with two attached hydrogens (primary N) is 1. The van der Waals surface area contributed by atoms with E-state index in [0.717, 1.165) is 5.56 Å². The Hall–Kier alpha value is -1.55. The molecule has 0 saturated carbocycles. The van der Waals surface area contributed by atoms with E-state index in [1.807, 2.05) is 49.5 Å². The summed E-state index contributed by atoms with van der Waals surface area (Å²) in [6, 6.07) is 14.6. The van der Waals surface area contributed by atoms with Crippen molar-refractivity contribution in [3.8, 4) is 0 Å². The number of halogens is 2. The van der Waals surface area contributed by atoms with E-state index in [1.54, 1.807) is 18.2 Å². The molecule has 0 aromatic heterocycles. The molecule has 0 spiro atoms. The van der Waals surface area contributed by atoms with Crippen LogP contribution in [0.3, 0.4) is 0 Å². The highest BCUT2D eigenvalue weighted by atomic mass is 35.5. The van der Waals surface area contributed by atoms with Gasteiger partial charge in [-0.1, -0.05) is 47.5 Å². The lowest BCUT2D eigenvalue weighted by atomic mass is 10.1. The first-order valence-electron chi connectivity index (χ1n) is 7.13. The summed E-state index contributed by atoms with van der Waals surface area (Å²) < 4.78 is 0. The van der Waals surface area contributed by atoms with E-state index >= 15 is 0 Å². The van der Waals surface area contributed by atoms with Gasteiger partial charge in [-0.2, -0.15) is 0 Å². The van der Waals surface area contributed by atoms with Gasteiger partial charge in [0.15, 0.2) is 6.04 Å². The predicted octanol–water partition coefficient (Wildman–Crippen LogP) is 3.65. The van der Waals surface area contributed by atoms with Crippen molar-refractivity contribution in [1.82, 2.24) is 0 Å². The van der Waals surface area contributed by atoms with Crippen molar-refractivity contribution in [2.24, 2.45) is 0 Å². The largest absolute Gasteiger partial charge is 0.330 e. The molecule has 3 N–H and O–H groups in total. The van der Waals surface area contributed by atoms with Gasteiger partial charge in [-0.15, -0.1) is 0 Å². The van der Waals surface area contributed by atoms with E-state index in [4.69, 9.17) is 23.2 Å². The maximum Gasteiger partial charge on any atom is 0.282 e. The molecule has 0 bridgehead atoms. The summed E-state index contributed by atoms with van der Waals surface area (Å²) in [5.74, 6) is -0.0684. The molecule has 0 aliphatic heterocycles. The first-order valence-corrected chi connectivity index (χ1v) is 7.89. The lowest BCUT2D eigenvalue weighted by Gasteiger charge is -2.17. The van der Waals surface area contributed by atoms with Gasteiger partial charge < -0.3 is 10.6 Å². The zero-order valence-corrected chi connectivity index (χ0v) is 14.0. The molecule has 1 amide bonds. The van der Waals surface area contributed by atoms with Crippen molar-refractivity contribution in [3.63, 3.8) is 0 Å². The number of hydrogen-bond acceptors (Lipinski definition) is 1. The topological polar surface area (TPSA) is 45.7 Å². The Balaban J connectivity index is 1.98.